The molecule has 4 nitrogen and oxygen atoms in total. The van der Waals surface area contributed by atoms with E-state index in [0.717, 1.165) is 0 Å². The summed E-state index contributed by atoms with van der Waals surface area (Å²) in [5, 5.41) is 17.5. The molecule has 0 aliphatic carbocycles. The largest absolute Gasteiger partial charge is 0.264 e. The van der Waals surface area contributed by atoms with Gasteiger partial charge in [-0.1, -0.05) is 121 Å². The number of hydrogen-bond acceptors (Lipinski definition) is 4. The maximum absolute atomic E-state index is 4.16. The van der Waals surface area contributed by atoms with Crippen LogP contribution < -0.4 is 0 Å². The van der Waals surface area contributed by atoms with Gasteiger partial charge in [0.15, 0.2) is 0 Å². The number of nitrogens with zero attached hydrogens (tertiary/aromatic N) is 4. The van der Waals surface area contributed by atoms with E-state index < -0.39 is 0 Å². The predicted molar refractivity (Wildman–Crippen MR) is 219 cm³/mol. The van der Waals surface area contributed by atoms with Crippen LogP contribution in [0.3, 0.4) is 0 Å². The summed E-state index contributed by atoms with van der Waals surface area (Å²) in [6, 6.07) is 54.5. The van der Waals surface area contributed by atoms with Gasteiger partial charge in [-0.25, -0.2) is 0 Å². The summed E-state index contributed by atoms with van der Waals surface area (Å²) in [7, 11) is 0. The topological polar surface area (TPSA) is 51.6 Å². The molecule has 4 heterocycles. The van der Waals surface area contributed by atoms with Gasteiger partial charge in [0.05, 0.1) is 0 Å². The summed E-state index contributed by atoms with van der Waals surface area (Å²) in [4.78, 5) is 16.4. The quantitative estimate of drug-likeness (QED) is 0.119. The molecule has 0 atom stereocenters. The Bertz CT molecular complexity index is 2520. The molecule has 0 aliphatic rings. The van der Waals surface area contributed by atoms with Crippen molar-refractivity contribution in [2.24, 2.45) is 0 Å². The SMILES string of the molecule is c1ccc2c(c1)ccc1ccncc12.c1ccc2c(c1)ccc1cnccc12.c1ccc2cc3cnccc3cc2c1.c1ccc2cnccc2c1. The molecule has 11 aromatic rings. The monoisotopic (exact) mass is 666 g/mol. The van der Waals surface area contributed by atoms with Crippen molar-refractivity contribution in [2.45, 2.75) is 0 Å². The second-order valence-electron chi connectivity index (χ2n) is 12.4. The van der Waals surface area contributed by atoms with E-state index in [1.807, 2.05) is 79.9 Å². The van der Waals surface area contributed by atoms with E-state index in [4.69, 9.17) is 0 Å². The first kappa shape index (κ1) is 32.2. The lowest BCUT2D eigenvalue weighted by Crippen LogP contribution is -1.78. The molecule has 11 rings (SSSR count). The van der Waals surface area contributed by atoms with E-state index in [2.05, 4.69) is 147 Å². The van der Waals surface area contributed by atoms with E-state index in [1.54, 1.807) is 0 Å². The van der Waals surface area contributed by atoms with Crippen molar-refractivity contribution < 1.29 is 0 Å². The molecule has 7 aromatic carbocycles. The fourth-order valence-corrected chi connectivity index (χ4v) is 6.50. The van der Waals surface area contributed by atoms with Gasteiger partial charge >= 0.3 is 0 Å². The van der Waals surface area contributed by atoms with E-state index in [1.165, 1.54) is 75.4 Å². The van der Waals surface area contributed by atoms with E-state index in [0.29, 0.717) is 0 Å². The Balaban J connectivity index is 0.0000001000. The van der Waals surface area contributed by atoms with Gasteiger partial charge in [-0.2, -0.15) is 0 Å². The lowest BCUT2D eigenvalue weighted by molar-refractivity contribution is 1.36. The van der Waals surface area contributed by atoms with Crippen molar-refractivity contribution in [2.75, 3.05) is 0 Å². The summed E-state index contributed by atoms with van der Waals surface area (Å²) >= 11 is 0. The molecule has 0 spiro atoms. The summed E-state index contributed by atoms with van der Waals surface area (Å²) in [6.45, 7) is 0. The van der Waals surface area contributed by atoms with Crippen LogP contribution in [0.4, 0.5) is 0 Å². The molecule has 52 heavy (non-hydrogen) atoms. The molecular formula is C48H34N4. The first-order chi connectivity index (χ1) is 25.8. The van der Waals surface area contributed by atoms with E-state index >= 15 is 0 Å². The Kier molecular flexibility index (Phi) is 9.43. The normalized spacial score (nSPS) is 10.7. The molecule has 0 radical (unpaired) electrons. The maximum Gasteiger partial charge on any atom is 0.0352 e. The van der Waals surface area contributed by atoms with Crippen molar-refractivity contribution >= 4 is 75.4 Å². The third-order valence-corrected chi connectivity index (χ3v) is 9.15. The van der Waals surface area contributed by atoms with Crippen molar-refractivity contribution in [3.05, 3.63) is 207 Å². The summed E-state index contributed by atoms with van der Waals surface area (Å²) < 4.78 is 0. The molecule has 0 aliphatic heterocycles. The van der Waals surface area contributed by atoms with Gasteiger partial charge in [-0.05, 0) is 95.6 Å². The number of rotatable bonds is 0. The highest BCUT2D eigenvalue weighted by Gasteiger charge is 2.00. The van der Waals surface area contributed by atoms with Crippen molar-refractivity contribution in [3.8, 4) is 0 Å². The Hall–Kier alpha value is -7.04. The predicted octanol–water partition coefficient (Wildman–Crippen LogP) is 12.4. The van der Waals surface area contributed by atoms with Crippen molar-refractivity contribution in [1.29, 1.82) is 0 Å². The number of aromatic nitrogens is 4. The van der Waals surface area contributed by atoms with Gasteiger partial charge in [0.1, 0.15) is 0 Å². The smallest absolute Gasteiger partial charge is 0.0352 e. The summed E-state index contributed by atoms with van der Waals surface area (Å²) in [5.41, 5.74) is 0. The Morgan fingerprint density at radius 1 is 0.212 bits per heavy atom. The lowest BCUT2D eigenvalue weighted by Gasteiger charge is -2.01. The number of benzene rings is 7. The second kappa shape index (κ2) is 15.2. The minimum atomic E-state index is 1.20. The van der Waals surface area contributed by atoms with Crippen LogP contribution in [0.1, 0.15) is 0 Å². The maximum atomic E-state index is 4.16. The van der Waals surface area contributed by atoms with Gasteiger partial charge in [0, 0.05) is 65.7 Å². The number of pyridine rings is 4. The fraction of sp³-hybridized carbons (Fsp3) is 0. The van der Waals surface area contributed by atoms with Crippen molar-refractivity contribution in [1.82, 2.24) is 19.9 Å². The molecule has 0 unspecified atom stereocenters. The highest BCUT2D eigenvalue weighted by atomic mass is 14.6. The summed E-state index contributed by atoms with van der Waals surface area (Å²) in [5.74, 6) is 0. The molecular weight excluding hydrogens is 633 g/mol. The van der Waals surface area contributed by atoms with Crippen LogP contribution >= 0.6 is 0 Å². The number of hydrogen-bond donors (Lipinski definition) is 0. The van der Waals surface area contributed by atoms with Crippen LogP contribution in [0.5, 0.6) is 0 Å². The zero-order valence-electron chi connectivity index (χ0n) is 28.4. The van der Waals surface area contributed by atoms with Crippen LogP contribution in [0, 0.1) is 0 Å². The average Bonchev–Trinajstić information content (AvgIpc) is 3.23. The molecule has 0 bridgehead atoms. The van der Waals surface area contributed by atoms with Gasteiger partial charge < -0.3 is 0 Å². The molecule has 0 saturated heterocycles. The lowest BCUT2D eigenvalue weighted by atomic mass is 10.0. The van der Waals surface area contributed by atoms with E-state index in [-0.39, 0.29) is 0 Å². The highest BCUT2D eigenvalue weighted by molar-refractivity contribution is 6.08. The molecule has 4 aromatic heterocycles. The number of fused-ring (bicyclic) bond motifs is 9. The molecule has 0 amide bonds. The van der Waals surface area contributed by atoms with Crippen LogP contribution in [0.2, 0.25) is 0 Å². The van der Waals surface area contributed by atoms with Crippen molar-refractivity contribution in [3.63, 3.8) is 0 Å². The summed E-state index contributed by atoms with van der Waals surface area (Å²) in [6.07, 6.45) is 14.9. The Morgan fingerprint density at radius 3 is 1.23 bits per heavy atom. The first-order valence-electron chi connectivity index (χ1n) is 17.2. The van der Waals surface area contributed by atoms with E-state index in [9.17, 15) is 0 Å². The van der Waals surface area contributed by atoms with Gasteiger partial charge in [0.2, 0.25) is 0 Å². The van der Waals surface area contributed by atoms with Crippen LogP contribution in [-0.4, -0.2) is 19.9 Å². The van der Waals surface area contributed by atoms with Crippen LogP contribution in [-0.2, 0) is 0 Å². The van der Waals surface area contributed by atoms with Crippen LogP contribution in [0.15, 0.2) is 207 Å². The third-order valence-electron chi connectivity index (χ3n) is 9.15. The van der Waals surface area contributed by atoms with Gasteiger partial charge in [0.25, 0.3) is 0 Å². The highest BCUT2D eigenvalue weighted by Crippen LogP contribution is 2.25. The molecule has 0 saturated carbocycles. The molecule has 246 valence electrons. The minimum absolute atomic E-state index is 1.20. The minimum Gasteiger partial charge on any atom is -0.264 e. The average molecular weight is 667 g/mol. The van der Waals surface area contributed by atoms with Crippen LogP contribution in [0.25, 0.3) is 75.4 Å². The standard InChI is InChI=1S/3C13H9N.C9H7N/c1-2-4-11-8-13-9-14-6-5-12(13)7-10(11)3-1;1-2-4-12-10(3-1)5-6-11-9-14-8-7-13(11)12;1-2-4-12-10(3-1)5-6-11-7-8-14-9-13(11)12;1-2-4-9-7-10-6-5-8(9)3-1/h3*1-9H;1-7H. The Labute approximate surface area is 301 Å². The van der Waals surface area contributed by atoms with Gasteiger partial charge in [-0.3, -0.25) is 19.9 Å². The fourth-order valence-electron chi connectivity index (χ4n) is 6.50. The Morgan fingerprint density at radius 2 is 0.577 bits per heavy atom. The first-order valence-corrected chi connectivity index (χ1v) is 17.2. The third kappa shape index (κ3) is 7.14. The van der Waals surface area contributed by atoms with Gasteiger partial charge in [-0.15, -0.1) is 0 Å². The zero-order chi connectivity index (χ0) is 35.0. The molecule has 0 N–H and O–H groups in total. The molecule has 4 heteroatoms. The molecule has 0 fully saturated rings. The zero-order valence-corrected chi connectivity index (χ0v) is 28.4. The second-order valence-corrected chi connectivity index (χ2v) is 12.4.